The fourth-order valence-electron chi connectivity index (χ4n) is 2.62. The number of nitro benzene ring substituents is 1. The number of rotatable bonds is 6. The summed E-state index contributed by atoms with van der Waals surface area (Å²) in [5.74, 6) is -0.637. The Hall–Kier alpha value is -3.67. The van der Waals surface area contributed by atoms with E-state index in [9.17, 15) is 20.2 Å². The Morgan fingerprint density at radius 2 is 2.06 bits per heavy atom. The number of anilines is 1. The summed E-state index contributed by atoms with van der Waals surface area (Å²) in [5.41, 5.74) is 1.16. The molecular formula is C22H15ClN4O3S. The van der Waals surface area contributed by atoms with E-state index in [2.05, 4.69) is 10.3 Å². The average Bonchev–Trinajstić information content (AvgIpc) is 2.76. The van der Waals surface area contributed by atoms with Crippen LogP contribution in [0.2, 0.25) is 5.02 Å². The van der Waals surface area contributed by atoms with E-state index in [0.717, 1.165) is 11.8 Å². The zero-order valence-electron chi connectivity index (χ0n) is 16.2. The largest absolute Gasteiger partial charge is 0.321 e. The molecule has 9 heteroatoms. The number of aromatic nitrogens is 1. The third-order valence-electron chi connectivity index (χ3n) is 4.22. The van der Waals surface area contributed by atoms with Gasteiger partial charge in [-0.3, -0.25) is 14.9 Å². The highest BCUT2D eigenvalue weighted by molar-refractivity contribution is 7.99. The van der Waals surface area contributed by atoms with Crippen LogP contribution in [0.4, 0.5) is 11.4 Å². The number of nitriles is 1. The van der Waals surface area contributed by atoms with Crippen LogP contribution in [0.5, 0.6) is 0 Å². The molecule has 31 heavy (non-hydrogen) atoms. The summed E-state index contributed by atoms with van der Waals surface area (Å²) in [6.45, 7) is 1.75. The molecule has 0 saturated heterocycles. The molecule has 0 atom stereocenters. The van der Waals surface area contributed by atoms with Gasteiger partial charge in [-0.25, -0.2) is 4.98 Å². The lowest BCUT2D eigenvalue weighted by atomic mass is 10.1. The zero-order chi connectivity index (χ0) is 22.4. The summed E-state index contributed by atoms with van der Waals surface area (Å²) >= 11 is 7.22. The van der Waals surface area contributed by atoms with Gasteiger partial charge in [0.15, 0.2) is 0 Å². The van der Waals surface area contributed by atoms with Crippen LogP contribution in [-0.4, -0.2) is 15.8 Å². The highest BCUT2D eigenvalue weighted by Crippen LogP contribution is 2.34. The van der Waals surface area contributed by atoms with Gasteiger partial charge in [0.25, 0.3) is 11.6 Å². The van der Waals surface area contributed by atoms with Crippen molar-refractivity contribution in [2.45, 2.75) is 16.8 Å². The lowest BCUT2D eigenvalue weighted by Crippen LogP contribution is -2.14. The first kappa shape index (κ1) is 22.0. The number of hydrogen-bond acceptors (Lipinski definition) is 6. The Balaban J connectivity index is 1.89. The highest BCUT2D eigenvalue weighted by atomic mass is 35.5. The van der Waals surface area contributed by atoms with E-state index in [1.54, 1.807) is 61.7 Å². The second kappa shape index (κ2) is 9.89. The summed E-state index contributed by atoms with van der Waals surface area (Å²) in [4.78, 5) is 28.2. The van der Waals surface area contributed by atoms with Gasteiger partial charge in [0.2, 0.25) is 0 Å². The molecule has 0 bridgehead atoms. The first-order chi connectivity index (χ1) is 14.9. The summed E-state index contributed by atoms with van der Waals surface area (Å²) in [7, 11) is 0. The predicted molar refractivity (Wildman–Crippen MR) is 120 cm³/mol. The molecule has 2 aromatic carbocycles. The van der Waals surface area contributed by atoms with Gasteiger partial charge in [0, 0.05) is 23.0 Å². The Labute approximate surface area is 187 Å². The predicted octanol–water partition coefficient (Wildman–Crippen LogP) is 5.65. The van der Waals surface area contributed by atoms with Crippen LogP contribution < -0.4 is 5.32 Å². The molecule has 3 rings (SSSR count). The van der Waals surface area contributed by atoms with Gasteiger partial charge in [-0.1, -0.05) is 41.6 Å². The average molecular weight is 451 g/mol. The number of amides is 1. The van der Waals surface area contributed by atoms with E-state index in [1.165, 1.54) is 12.1 Å². The van der Waals surface area contributed by atoms with Gasteiger partial charge in [-0.15, -0.1) is 0 Å². The van der Waals surface area contributed by atoms with Crippen LogP contribution in [0, 0.1) is 28.4 Å². The fourth-order valence-corrected chi connectivity index (χ4v) is 3.66. The second-order valence-electron chi connectivity index (χ2n) is 6.29. The lowest BCUT2D eigenvalue weighted by molar-refractivity contribution is -0.387. The molecule has 0 spiro atoms. The van der Waals surface area contributed by atoms with Crippen LogP contribution in [0.25, 0.3) is 6.08 Å². The van der Waals surface area contributed by atoms with Crippen molar-refractivity contribution in [1.29, 1.82) is 5.26 Å². The SMILES string of the molecule is Cc1c(Cl)cccc1NC(=O)/C(C#N)=C/c1ccc(Sc2ccccn2)c([N+](=O)[O-])c1. The van der Waals surface area contributed by atoms with Crippen molar-refractivity contribution < 1.29 is 9.72 Å². The number of pyridine rings is 1. The number of halogens is 1. The van der Waals surface area contributed by atoms with Crippen molar-refractivity contribution in [2.24, 2.45) is 0 Å². The van der Waals surface area contributed by atoms with Crippen molar-refractivity contribution in [1.82, 2.24) is 4.98 Å². The van der Waals surface area contributed by atoms with Crippen molar-refractivity contribution in [3.05, 3.63) is 92.6 Å². The minimum absolute atomic E-state index is 0.146. The van der Waals surface area contributed by atoms with Crippen molar-refractivity contribution >= 4 is 46.7 Å². The number of benzene rings is 2. The zero-order valence-corrected chi connectivity index (χ0v) is 17.8. The normalized spacial score (nSPS) is 10.9. The minimum Gasteiger partial charge on any atom is -0.321 e. The van der Waals surface area contributed by atoms with Gasteiger partial charge < -0.3 is 5.32 Å². The van der Waals surface area contributed by atoms with E-state index in [4.69, 9.17) is 11.6 Å². The standard InChI is InChI=1S/C22H15ClN4O3S/c1-14-17(23)5-4-6-18(14)26-22(28)16(13-24)11-15-8-9-20(19(12-15)27(29)30)31-21-7-2-3-10-25-21/h2-12H,1H3,(H,26,28)/b16-11+. The first-order valence-corrected chi connectivity index (χ1v) is 10.1. The Kier molecular flexibility index (Phi) is 7.03. The van der Waals surface area contributed by atoms with Gasteiger partial charge >= 0.3 is 0 Å². The van der Waals surface area contributed by atoms with E-state index >= 15 is 0 Å². The molecule has 0 aliphatic heterocycles. The number of nitro groups is 1. The Morgan fingerprint density at radius 3 is 2.74 bits per heavy atom. The molecule has 154 valence electrons. The monoisotopic (exact) mass is 450 g/mol. The van der Waals surface area contributed by atoms with Crippen molar-refractivity contribution in [3.63, 3.8) is 0 Å². The quantitative estimate of drug-likeness (QED) is 0.225. The third-order valence-corrected chi connectivity index (χ3v) is 5.65. The molecule has 1 N–H and O–H groups in total. The highest BCUT2D eigenvalue weighted by Gasteiger charge is 2.17. The summed E-state index contributed by atoms with van der Waals surface area (Å²) in [6, 6.07) is 16.7. The number of carbonyl (C=O) groups is 1. The maximum Gasteiger partial charge on any atom is 0.283 e. The maximum absolute atomic E-state index is 12.5. The van der Waals surface area contributed by atoms with Crippen molar-refractivity contribution in [2.75, 3.05) is 5.32 Å². The summed E-state index contributed by atoms with van der Waals surface area (Å²) in [6.07, 6.45) is 2.90. The van der Waals surface area contributed by atoms with Gasteiger partial charge in [0.05, 0.1) is 9.82 Å². The van der Waals surface area contributed by atoms with E-state index in [1.807, 2.05) is 6.07 Å². The van der Waals surface area contributed by atoms with Crippen LogP contribution >= 0.6 is 23.4 Å². The van der Waals surface area contributed by atoms with Gasteiger partial charge in [0.1, 0.15) is 16.7 Å². The van der Waals surface area contributed by atoms with Crippen LogP contribution in [0.1, 0.15) is 11.1 Å². The maximum atomic E-state index is 12.5. The molecule has 0 aliphatic rings. The number of hydrogen-bond donors (Lipinski definition) is 1. The Bertz CT molecular complexity index is 1220. The van der Waals surface area contributed by atoms with E-state index in [-0.39, 0.29) is 11.3 Å². The third kappa shape index (κ3) is 5.48. The molecule has 1 heterocycles. The molecule has 0 unspecified atom stereocenters. The molecule has 3 aromatic rings. The molecule has 7 nitrogen and oxygen atoms in total. The summed E-state index contributed by atoms with van der Waals surface area (Å²) < 4.78 is 0. The van der Waals surface area contributed by atoms with Gasteiger partial charge in [-0.05, 0) is 54.5 Å². The van der Waals surface area contributed by atoms with Crippen LogP contribution in [0.3, 0.4) is 0 Å². The van der Waals surface area contributed by atoms with Crippen LogP contribution in [-0.2, 0) is 4.79 Å². The van der Waals surface area contributed by atoms with E-state index < -0.39 is 10.8 Å². The number of carbonyl (C=O) groups excluding carboxylic acids is 1. The smallest absolute Gasteiger partial charge is 0.283 e. The number of nitrogens with zero attached hydrogens (tertiary/aromatic N) is 3. The van der Waals surface area contributed by atoms with E-state index in [0.29, 0.717) is 31.8 Å². The topological polar surface area (TPSA) is 109 Å². The fraction of sp³-hybridized carbons (Fsp3) is 0.0455. The molecule has 0 fully saturated rings. The number of nitrogens with one attached hydrogen (secondary N) is 1. The van der Waals surface area contributed by atoms with Crippen molar-refractivity contribution in [3.8, 4) is 6.07 Å². The minimum atomic E-state index is -0.637. The first-order valence-electron chi connectivity index (χ1n) is 8.94. The van der Waals surface area contributed by atoms with Gasteiger partial charge in [-0.2, -0.15) is 5.26 Å². The lowest BCUT2D eigenvalue weighted by Gasteiger charge is -2.09. The molecule has 0 aliphatic carbocycles. The summed E-state index contributed by atoms with van der Waals surface area (Å²) in [5, 5.41) is 24.7. The Morgan fingerprint density at radius 1 is 1.26 bits per heavy atom. The molecule has 1 aromatic heterocycles. The molecular weight excluding hydrogens is 436 g/mol. The molecule has 0 radical (unpaired) electrons. The van der Waals surface area contributed by atoms with Crippen LogP contribution in [0.15, 0.2) is 76.3 Å². The second-order valence-corrected chi connectivity index (χ2v) is 7.76. The molecule has 1 amide bonds. The molecule has 0 saturated carbocycles.